The van der Waals surface area contributed by atoms with Crippen molar-refractivity contribution >= 4 is 33.4 Å². The van der Waals surface area contributed by atoms with Gasteiger partial charge >= 0.3 is 0 Å². The lowest BCUT2D eigenvalue weighted by Gasteiger charge is -2.14. The van der Waals surface area contributed by atoms with Crippen LogP contribution in [0.1, 0.15) is 13.0 Å². The molecule has 0 radical (unpaired) electrons. The number of rotatable bonds is 3. The highest BCUT2D eigenvalue weighted by molar-refractivity contribution is 6.02. The molecule has 0 bridgehead atoms. The number of nitrogens with one attached hydrogen (secondary N) is 1. The summed E-state index contributed by atoms with van der Waals surface area (Å²) in [7, 11) is 1.95. The fourth-order valence-corrected chi connectivity index (χ4v) is 3.02. The molecule has 0 fully saturated rings. The van der Waals surface area contributed by atoms with E-state index in [0.29, 0.717) is 16.6 Å². The zero-order chi connectivity index (χ0) is 18.3. The van der Waals surface area contributed by atoms with Crippen molar-refractivity contribution in [2.45, 2.75) is 13.0 Å². The summed E-state index contributed by atoms with van der Waals surface area (Å²) in [5.41, 5.74) is 1.88. The molecule has 2 aromatic carbocycles. The molecule has 0 spiro atoms. The van der Waals surface area contributed by atoms with E-state index in [1.165, 1.54) is 0 Å². The molecule has 0 aliphatic rings. The van der Waals surface area contributed by atoms with Crippen LogP contribution in [0.15, 0.2) is 59.5 Å². The zero-order valence-corrected chi connectivity index (χ0v) is 14.4. The Kier molecular flexibility index (Phi) is 3.76. The van der Waals surface area contributed by atoms with Gasteiger partial charge < -0.3 is 9.88 Å². The molecule has 1 atom stereocenters. The lowest BCUT2D eigenvalue weighted by Crippen LogP contribution is -2.34. The van der Waals surface area contributed by atoms with E-state index in [-0.39, 0.29) is 11.5 Å². The molecule has 4 rings (SSSR count). The summed E-state index contributed by atoms with van der Waals surface area (Å²) in [5.74, 6) is -0.326. The van der Waals surface area contributed by atoms with Crippen LogP contribution in [-0.2, 0) is 11.8 Å². The maximum atomic E-state index is 12.7. The third kappa shape index (κ3) is 2.54. The van der Waals surface area contributed by atoms with Gasteiger partial charge in [-0.2, -0.15) is 4.68 Å². The molecule has 130 valence electrons. The average Bonchev–Trinajstić information content (AvgIpc) is 3.04. The standard InChI is InChI=1S/C19H17N5O2/c1-12(24-19(26)14-6-3-4-7-16(14)21-22-24)18(25)20-15-8-5-9-17-13(15)10-11-23(17)2/h3-12H,1-2H3,(H,20,25)/t12-/m1/s1. The average molecular weight is 347 g/mol. The number of amides is 1. The summed E-state index contributed by atoms with van der Waals surface area (Å²) >= 11 is 0. The second-order valence-electron chi connectivity index (χ2n) is 6.19. The molecule has 7 nitrogen and oxygen atoms in total. The highest BCUT2D eigenvalue weighted by Crippen LogP contribution is 2.24. The summed E-state index contributed by atoms with van der Waals surface area (Å²) in [4.78, 5) is 25.3. The molecule has 4 aromatic rings. The van der Waals surface area contributed by atoms with E-state index in [0.717, 1.165) is 15.6 Å². The Balaban J connectivity index is 1.68. The fourth-order valence-electron chi connectivity index (χ4n) is 3.02. The predicted octanol–water partition coefficient (Wildman–Crippen LogP) is 2.48. The van der Waals surface area contributed by atoms with Gasteiger partial charge in [0.15, 0.2) is 0 Å². The number of benzene rings is 2. The van der Waals surface area contributed by atoms with Gasteiger partial charge in [-0.1, -0.05) is 23.4 Å². The first-order chi connectivity index (χ1) is 12.6. The fraction of sp³-hybridized carbons (Fsp3) is 0.158. The predicted molar refractivity (Wildman–Crippen MR) is 100 cm³/mol. The number of fused-ring (bicyclic) bond motifs is 2. The van der Waals surface area contributed by atoms with Crippen molar-refractivity contribution in [3.63, 3.8) is 0 Å². The first kappa shape index (κ1) is 16.0. The minimum atomic E-state index is -0.793. The zero-order valence-electron chi connectivity index (χ0n) is 14.4. The Labute approximate surface area is 148 Å². The molecule has 0 saturated carbocycles. The van der Waals surface area contributed by atoms with Crippen LogP contribution < -0.4 is 10.9 Å². The van der Waals surface area contributed by atoms with Gasteiger partial charge in [-0.3, -0.25) is 9.59 Å². The van der Waals surface area contributed by atoms with Crippen molar-refractivity contribution in [3.8, 4) is 0 Å². The van der Waals surface area contributed by atoms with Crippen LogP contribution in [0.25, 0.3) is 21.8 Å². The first-order valence-electron chi connectivity index (χ1n) is 8.25. The minimum absolute atomic E-state index is 0.326. The molecule has 0 aliphatic heterocycles. The minimum Gasteiger partial charge on any atom is -0.350 e. The highest BCUT2D eigenvalue weighted by Gasteiger charge is 2.20. The lowest BCUT2D eigenvalue weighted by molar-refractivity contribution is -0.119. The lowest BCUT2D eigenvalue weighted by atomic mass is 10.2. The van der Waals surface area contributed by atoms with Crippen LogP contribution in [0.3, 0.4) is 0 Å². The smallest absolute Gasteiger partial charge is 0.278 e. The number of hydrogen-bond acceptors (Lipinski definition) is 4. The van der Waals surface area contributed by atoms with Gasteiger partial charge in [0.2, 0.25) is 5.91 Å². The van der Waals surface area contributed by atoms with Gasteiger partial charge in [0.1, 0.15) is 11.6 Å². The molecule has 0 unspecified atom stereocenters. The van der Waals surface area contributed by atoms with Gasteiger partial charge in [-0.15, -0.1) is 5.10 Å². The quantitative estimate of drug-likeness (QED) is 0.617. The summed E-state index contributed by atoms with van der Waals surface area (Å²) in [6, 6.07) is 13.8. The Morgan fingerprint density at radius 2 is 1.88 bits per heavy atom. The van der Waals surface area contributed by atoms with Gasteiger partial charge in [0.25, 0.3) is 5.56 Å². The Morgan fingerprint density at radius 3 is 2.73 bits per heavy atom. The number of aromatic nitrogens is 4. The van der Waals surface area contributed by atoms with E-state index < -0.39 is 6.04 Å². The topological polar surface area (TPSA) is 81.8 Å². The number of carbonyl (C=O) groups is 1. The number of carbonyl (C=O) groups excluding carboxylic acids is 1. The molecule has 2 aromatic heterocycles. The van der Waals surface area contributed by atoms with Crippen LogP contribution >= 0.6 is 0 Å². The highest BCUT2D eigenvalue weighted by atomic mass is 16.2. The van der Waals surface area contributed by atoms with Gasteiger partial charge in [0, 0.05) is 24.1 Å². The van der Waals surface area contributed by atoms with E-state index in [1.54, 1.807) is 31.2 Å². The van der Waals surface area contributed by atoms with Crippen LogP contribution in [-0.4, -0.2) is 25.5 Å². The monoisotopic (exact) mass is 347 g/mol. The maximum Gasteiger partial charge on any atom is 0.278 e. The van der Waals surface area contributed by atoms with E-state index in [2.05, 4.69) is 15.6 Å². The van der Waals surface area contributed by atoms with Crippen LogP contribution in [0.2, 0.25) is 0 Å². The number of anilines is 1. The third-order valence-corrected chi connectivity index (χ3v) is 4.52. The summed E-state index contributed by atoms with van der Waals surface area (Å²) in [6.07, 6.45) is 1.93. The summed E-state index contributed by atoms with van der Waals surface area (Å²) in [6.45, 7) is 1.63. The van der Waals surface area contributed by atoms with Crippen LogP contribution in [0, 0.1) is 0 Å². The number of nitrogens with zero attached hydrogens (tertiary/aromatic N) is 4. The Bertz CT molecular complexity index is 1190. The maximum absolute atomic E-state index is 12.7. The third-order valence-electron chi connectivity index (χ3n) is 4.52. The second kappa shape index (κ2) is 6.11. The number of hydrogen-bond donors (Lipinski definition) is 1. The van der Waals surface area contributed by atoms with Crippen molar-refractivity contribution in [3.05, 3.63) is 65.1 Å². The van der Waals surface area contributed by atoms with E-state index in [9.17, 15) is 9.59 Å². The van der Waals surface area contributed by atoms with Gasteiger partial charge in [-0.05, 0) is 37.3 Å². The number of aryl methyl sites for hydroxylation is 1. The molecular formula is C19H17N5O2. The molecule has 2 heterocycles. The molecular weight excluding hydrogens is 330 g/mol. The normalized spacial score (nSPS) is 12.4. The molecule has 0 saturated heterocycles. The van der Waals surface area contributed by atoms with Gasteiger partial charge in [-0.25, -0.2) is 0 Å². The van der Waals surface area contributed by atoms with Crippen molar-refractivity contribution < 1.29 is 4.79 Å². The Morgan fingerprint density at radius 1 is 1.08 bits per heavy atom. The SMILES string of the molecule is C[C@H](C(=O)Nc1cccc2c1ccn2C)n1nnc2ccccc2c1=O. The molecule has 26 heavy (non-hydrogen) atoms. The molecule has 0 aliphatic carbocycles. The van der Waals surface area contributed by atoms with Crippen molar-refractivity contribution in [1.82, 2.24) is 19.6 Å². The van der Waals surface area contributed by atoms with E-state index in [4.69, 9.17) is 0 Å². The van der Waals surface area contributed by atoms with E-state index in [1.807, 2.05) is 42.1 Å². The summed E-state index contributed by atoms with van der Waals surface area (Å²) in [5, 5.41) is 12.2. The second-order valence-corrected chi connectivity index (χ2v) is 6.19. The Hall–Kier alpha value is -3.48. The van der Waals surface area contributed by atoms with Crippen molar-refractivity contribution in [1.29, 1.82) is 0 Å². The van der Waals surface area contributed by atoms with Crippen molar-refractivity contribution in [2.75, 3.05) is 5.32 Å². The molecule has 1 amide bonds. The first-order valence-corrected chi connectivity index (χ1v) is 8.25. The van der Waals surface area contributed by atoms with Crippen LogP contribution in [0.5, 0.6) is 0 Å². The van der Waals surface area contributed by atoms with Crippen LogP contribution in [0.4, 0.5) is 5.69 Å². The molecule has 1 N–H and O–H groups in total. The van der Waals surface area contributed by atoms with Crippen molar-refractivity contribution in [2.24, 2.45) is 7.05 Å². The largest absolute Gasteiger partial charge is 0.350 e. The van der Waals surface area contributed by atoms with Gasteiger partial charge in [0.05, 0.1) is 11.1 Å². The molecule has 7 heteroatoms. The van der Waals surface area contributed by atoms with E-state index >= 15 is 0 Å². The summed E-state index contributed by atoms with van der Waals surface area (Å²) < 4.78 is 3.09.